The fourth-order valence-corrected chi connectivity index (χ4v) is 1.60. The fraction of sp³-hybridized carbons (Fsp3) is 0.400. The summed E-state index contributed by atoms with van der Waals surface area (Å²) in [6.07, 6.45) is -0.822. The van der Waals surface area contributed by atoms with Gasteiger partial charge in [0.1, 0.15) is 0 Å². The minimum atomic E-state index is -2.73. The molecule has 0 aliphatic carbocycles. The fourth-order valence-electron chi connectivity index (χ4n) is 1.29. The third-order valence-corrected chi connectivity index (χ3v) is 2.72. The molecule has 0 aliphatic heterocycles. The molecule has 1 aromatic rings. The van der Waals surface area contributed by atoms with Crippen molar-refractivity contribution in [2.24, 2.45) is 0 Å². The highest BCUT2D eigenvalue weighted by atomic mass is 32.2. The summed E-state index contributed by atoms with van der Waals surface area (Å²) in [5, 5.41) is 13.3. The lowest BCUT2D eigenvalue weighted by Gasteiger charge is -2.10. The SMILES string of the molecule is CSCCNc1ccc([N+](=O)[O-])cc1C(F)F. The van der Waals surface area contributed by atoms with Gasteiger partial charge in [0, 0.05) is 35.7 Å². The van der Waals surface area contributed by atoms with E-state index in [1.165, 1.54) is 12.1 Å². The first-order valence-corrected chi connectivity index (χ1v) is 6.25. The van der Waals surface area contributed by atoms with E-state index in [1.807, 2.05) is 6.26 Å². The largest absolute Gasteiger partial charge is 0.384 e. The molecule has 17 heavy (non-hydrogen) atoms. The van der Waals surface area contributed by atoms with Crippen molar-refractivity contribution in [2.45, 2.75) is 6.43 Å². The minimum absolute atomic E-state index is 0.250. The Labute approximate surface area is 102 Å². The van der Waals surface area contributed by atoms with Crippen LogP contribution in [0.15, 0.2) is 18.2 Å². The number of nitro benzene ring substituents is 1. The first-order chi connectivity index (χ1) is 8.06. The van der Waals surface area contributed by atoms with Crippen molar-refractivity contribution < 1.29 is 13.7 Å². The van der Waals surface area contributed by atoms with Crippen molar-refractivity contribution in [2.75, 3.05) is 23.9 Å². The van der Waals surface area contributed by atoms with Gasteiger partial charge < -0.3 is 5.32 Å². The number of non-ortho nitro benzene ring substituents is 1. The van der Waals surface area contributed by atoms with Crippen LogP contribution in [0, 0.1) is 10.1 Å². The van der Waals surface area contributed by atoms with Crippen molar-refractivity contribution in [3.63, 3.8) is 0 Å². The van der Waals surface area contributed by atoms with E-state index in [2.05, 4.69) is 5.32 Å². The van der Waals surface area contributed by atoms with Crippen LogP contribution in [-0.4, -0.2) is 23.5 Å². The predicted molar refractivity (Wildman–Crippen MR) is 64.9 cm³/mol. The second kappa shape index (κ2) is 6.39. The molecule has 1 aromatic carbocycles. The molecule has 4 nitrogen and oxygen atoms in total. The van der Waals surface area contributed by atoms with Gasteiger partial charge in [0.15, 0.2) is 0 Å². The van der Waals surface area contributed by atoms with Gasteiger partial charge in [-0.3, -0.25) is 10.1 Å². The van der Waals surface area contributed by atoms with E-state index in [1.54, 1.807) is 11.8 Å². The molecule has 0 fully saturated rings. The van der Waals surface area contributed by atoms with Crippen LogP contribution in [0.2, 0.25) is 0 Å². The van der Waals surface area contributed by atoms with Gasteiger partial charge in [-0.2, -0.15) is 11.8 Å². The van der Waals surface area contributed by atoms with Crippen molar-refractivity contribution in [1.29, 1.82) is 0 Å². The van der Waals surface area contributed by atoms with E-state index in [9.17, 15) is 18.9 Å². The molecular formula is C10H12F2N2O2S. The number of benzene rings is 1. The number of alkyl halides is 2. The van der Waals surface area contributed by atoms with E-state index in [0.29, 0.717) is 6.54 Å². The number of thioether (sulfide) groups is 1. The van der Waals surface area contributed by atoms with Gasteiger partial charge in [-0.05, 0) is 12.3 Å². The summed E-state index contributed by atoms with van der Waals surface area (Å²) in [6, 6.07) is 3.44. The Morgan fingerprint density at radius 1 is 1.53 bits per heavy atom. The molecule has 0 spiro atoms. The van der Waals surface area contributed by atoms with Crippen LogP contribution in [-0.2, 0) is 0 Å². The Hall–Kier alpha value is -1.37. The van der Waals surface area contributed by atoms with Crippen LogP contribution < -0.4 is 5.32 Å². The topological polar surface area (TPSA) is 55.2 Å². The average molecular weight is 262 g/mol. The Kier molecular flexibility index (Phi) is 5.14. The van der Waals surface area contributed by atoms with Gasteiger partial charge in [0.2, 0.25) is 0 Å². The number of anilines is 1. The van der Waals surface area contributed by atoms with Gasteiger partial charge in [-0.15, -0.1) is 0 Å². The molecule has 0 unspecified atom stereocenters. The zero-order chi connectivity index (χ0) is 12.8. The minimum Gasteiger partial charge on any atom is -0.384 e. The second-order valence-electron chi connectivity index (χ2n) is 3.25. The maximum Gasteiger partial charge on any atom is 0.270 e. The second-order valence-corrected chi connectivity index (χ2v) is 4.23. The Morgan fingerprint density at radius 2 is 2.24 bits per heavy atom. The summed E-state index contributed by atoms with van der Waals surface area (Å²) in [4.78, 5) is 9.80. The number of rotatable bonds is 6. The third-order valence-electron chi connectivity index (χ3n) is 2.10. The van der Waals surface area contributed by atoms with Crippen molar-refractivity contribution in [1.82, 2.24) is 0 Å². The molecule has 0 atom stereocenters. The number of hydrogen-bond donors (Lipinski definition) is 1. The van der Waals surface area contributed by atoms with Gasteiger partial charge in [-0.1, -0.05) is 0 Å². The molecule has 0 saturated carbocycles. The Bertz CT molecular complexity index is 402. The first-order valence-electron chi connectivity index (χ1n) is 4.85. The van der Waals surface area contributed by atoms with E-state index >= 15 is 0 Å². The third kappa shape index (κ3) is 3.85. The Morgan fingerprint density at radius 3 is 2.76 bits per heavy atom. The highest BCUT2D eigenvalue weighted by molar-refractivity contribution is 7.98. The van der Waals surface area contributed by atoms with Gasteiger partial charge in [-0.25, -0.2) is 8.78 Å². The summed E-state index contributed by atoms with van der Waals surface area (Å²) in [7, 11) is 0. The lowest BCUT2D eigenvalue weighted by molar-refractivity contribution is -0.385. The molecule has 0 bridgehead atoms. The van der Waals surface area contributed by atoms with Crippen molar-refractivity contribution in [3.8, 4) is 0 Å². The molecule has 0 amide bonds. The quantitative estimate of drug-likeness (QED) is 0.485. The molecule has 1 rings (SSSR count). The molecule has 0 heterocycles. The average Bonchev–Trinajstić information content (AvgIpc) is 2.29. The van der Waals surface area contributed by atoms with Crippen molar-refractivity contribution in [3.05, 3.63) is 33.9 Å². The van der Waals surface area contributed by atoms with Crippen LogP contribution in [0.25, 0.3) is 0 Å². The number of hydrogen-bond acceptors (Lipinski definition) is 4. The van der Waals surface area contributed by atoms with Crippen LogP contribution >= 0.6 is 11.8 Å². The lowest BCUT2D eigenvalue weighted by Crippen LogP contribution is -2.06. The van der Waals surface area contributed by atoms with Crippen molar-refractivity contribution >= 4 is 23.1 Å². The zero-order valence-electron chi connectivity index (χ0n) is 9.15. The summed E-state index contributed by atoms with van der Waals surface area (Å²) in [6.45, 7) is 0.540. The van der Waals surface area contributed by atoms with Gasteiger partial charge >= 0.3 is 0 Å². The molecule has 0 saturated heterocycles. The van der Waals surface area contributed by atoms with Crippen LogP contribution in [0.4, 0.5) is 20.2 Å². The number of nitrogens with zero attached hydrogens (tertiary/aromatic N) is 1. The predicted octanol–water partition coefficient (Wildman–Crippen LogP) is 3.31. The molecule has 1 N–H and O–H groups in total. The molecule has 0 aromatic heterocycles. The van der Waals surface area contributed by atoms with Crippen LogP contribution in [0.3, 0.4) is 0 Å². The smallest absolute Gasteiger partial charge is 0.270 e. The summed E-state index contributed by atoms with van der Waals surface area (Å²) in [5.41, 5.74) is -0.407. The van der Waals surface area contributed by atoms with Gasteiger partial charge in [0.05, 0.1) is 4.92 Å². The maximum absolute atomic E-state index is 12.7. The van der Waals surface area contributed by atoms with E-state index in [4.69, 9.17) is 0 Å². The molecule has 0 aliphatic rings. The molecule has 94 valence electrons. The lowest BCUT2D eigenvalue weighted by atomic mass is 10.1. The molecule has 7 heteroatoms. The maximum atomic E-state index is 12.7. The summed E-state index contributed by atoms with van der Waals surface area (Å²) in [5.74, 6) is 0.777. The first kappa shape index (κ1) is 13.7. The number of nitrogens with one attached hydrogen (secondary N) is 1. The van der Waals surface area contributed by atoms with E-state index < -0.39 is 11.3 Å². The standard InChI is InChI=1S/C10H12F2N2O2S/c1-17-5-4-13-9-3-2-7(14(15)16)6-8(9)10(11)12/h2-3,6,10,13H,4-5H2,1H3. The van der Waals surface area contributed by atoms with E-state index in [0.717, 1.165) is 11.8 Å². The normalized spacial score (nSPS) is 10.6. The van der Waals surface area contributed by atoms with Gasteiger partial charge in [0.25, 0.3) is 12.1 Å². The highest BCUT2D eigenvalue weighted by Crippen LogP contribution is 2.30. The van der Waals surface area contributed by atoms with Crippen LogP contribution in [0.5, 0.6) is 0 Å². The van der Waals surface area contributed by atoms with E-state index in [-0.39, 0.29) is 16.9 Å². The molecular weight excluding hydrogens is 250 g/mol. The monoisotopic (exact) mass is 262 g/mol. The Balaban J connectivity index is 2.92. The van der Waals surface area contributed by atoms with Crippen LogP contribution in [0.1, 0.15) is 12.0 Å². The zero-order valence-corrected chi connectivity index (χ0v) is 9.97. The number of halogens is 2. The highest BCUT2D eigenvalue weighted by Gasteiger charge is 2.17. The molecule has 0 radical (unpaired) electrons. The summed E-state index contributed by atoms with van der Waals surface area (Å²) >= 11 is 1.58. The number of nitro groups is 1. The summed E-state index contributed by atoms with van der Waals surface area (Å²) < 4.78 is 25.4.